The smallest absolute Gasteiger partial charge is 0.0722 e. The SMILES string of the molecule is C=CCCCOC(CNC(C)C)C(C)C. The lowest BCUT2D eigenvalue weighted by Crippen LogP contribution is -2.36. The van der Waals surface area contributed by atoms with Crippen molar-refractivity contribution in [3.63, 3.8) is 0 Å². The van der Waals surface area contributed by atoms with E-state index >= 15 is 0 Å². The highest BCUT2D eigenvalue weighted by molar-refractivity contribution is 4.69. The van der Waals surface area contributed by atoms with Crippen molar-refractivity contribution in [3.8, 4) is 0 Å². The second kappa shape index (κ2) is 8.93. The van der Waals surface area contributed by atoms with Gasteiger partial charge in [-0.3, -0.25) is 0 Å². The molecule has 0 aromatic carbocycles. The second-order valence-corrected chi connectivity index (χ2v) is 4.65. The van der Waals surface area contributed by atoms with E-state index in [1.165, 1.54) is 0 Å². The van der Waals surface area contributed by atoms with Gasteiger partial charge in [0.1, 0.15) is 0 Å². The van der Waals surface area contributed by atoms with Crippen molar-refractivity contribution < 1.29 is 4.74 Å². The Hall–Kier alpha value is -0.340. The van der Waals surface area contributed by atoms with Crippen LogP contribution in [-0.2, 0) is 4.74 Å². The van der Waals surface area contributed by atoms with E-state index in [1.807, 2.05) is 6.08 Å². The highest BCUT2D eigenvalue weighted by Crippen LogP contribution is 2.07. The van der Waals surface area contributed by atoms with E-state index in [2.05, 4.69) is 39.6 Å². The summed E-state index contributed by atoms with van der Waals surface area (Å²) < 4.78 is 5.85. The van der Waals surface area contributed by atoms with Crippen molar-refractivity contribution in [1.82, 2.24) is 5.32 Å². The molecule has 0 rings (SSSR count). The topological polar surface area (TPSA) is 21.3 Å². The molecule has 90 valence electrons. The highest BCUT2D eigenvalue weighted by Gasteiger charge is 2.13. The van der Waals surface area contributed by atoms with Crippen LogP contribution in [0.2, 0.25) is 0 Å². The maximum Gasteiger partial charge on any atom is 0.0722 e. The first kappa shape index (κ1) is 14.7. The molecule has 0 aromatic heterocycles. The molecule has 0 saturated carbocycles. The van der Waals surface area contributed by atoms with E-state index in [-0.39, 0.29) is 0 Å². The molecule has 2 heteroatoms. The molecule has 1 unspecified atom stereocenters. The third-order valence-electron chi connectivity index (χ3n) is 2.36. The van der Waals surface area contributed by atoms with Gasteiger partial charge in [0.15, 0.2) is 0 Å². The van der Waals surface area contributed by atoms with Gasteiger partial charge in [0.2, 0.25) is 0 Å². The molecular weight excluding hydrogens is 186 g/mol. The average Bonchev–Trinajstić information content (AvgIpc) is 2.15. The molecule has 0 amide bonds. The predicted molar refractivity (Wildman–Crippen MR) is 67.1 cm³/mol. The highest BCUT2D eigenvalue weighted by atomic mass is 16.5. The lowest BCUT2D eigenvalue weighted by molar-refractivity contribution is 0.0209. The summed E-state index contributed by atoms with van der Waals surface area (Å²) in [6.07, 6.45) is 4.40. The number of hydrogen-bond donors (Lipinski definition) is 1. The van der Waals surface area contributed by atoms with E-state index in [0.29, 0.717) is 18.1 Å². The van der Waals surface area contributed by atoms with Crippen LogP contribution in [0.4, 0.5) is 0 Å². The minimum atomic E-state index is 0.331. The molecule has 1 N–H and O–H groups in total. The Morgan fingerprint density at radius 3 is 2.40 bits per heavy atom. The number of hydrogen-bond acceptors (Lipinski definition) is 2. The summed E-state index contributed by atoms with van der Waals surface area (Å²) in [7, 11) is 0. The largest absolute Gasteiger partial charge is 0.377 e. The van der Waals surface area contributed by atoms with Crippen LogP contribution in [0, 0.1) is 5.92 Å². The van der Waals surface area contributed by atoms with Crippen molar-refractivity contribution in [2.45, 2.75) is 52.7 Å². The maximum atomic E-state index is 5.85. The first-order chi connectivity index (χ1) is 7.07. The lowest BCUT2D eigenvalue weighted by atomic mass is 10.1. The summed E-state index contributed by atoms with van der Waals surface area (Å²) in [5.41, 5.74) is 0. The molecule has 0 aliphatic heterocycles. The van der Waals surface area contributed by atoms with Crippen LogP contribution >= 0.6 is 0 Å². The van der Waals surface area contributed by atoms with Crippen molar-refractivity contribution in [2.24, 2.45) is 5.92 Å². The number of unbranched alkanes of at least 4 members (excludes halogenated alkanes) is 1. The fraction of sp³-hybridized carbons (Fsp3) is 0.846. The summed E-state index contributed by atoms with van der Waals surface area (Å²) >= 11 is 0. The van der Waals surface area contributed by atoms with Crippen molar-refractivity contribution >= 4 is 0 Å². The molecule has 0 saturated heterocycles. The zero-order chi connectivity index (χ0) is 11.7. The standard InChI is InChI=1S/C13H27NO/c1-6-7-8-9-15-13(11(2)3)10-14-12(4)5/h6,11-14H,1,7-10H2,2-5H3. The van der Waals surface area contributed by atoms with Crippen LogP contribution in [0.25, 0.3) is 0 Å². The first-order valence-electron chi connectivity index (χ1n) is 6.03. The van der Waals surface area contributed by atoms with Crippen molar-refractivity contribution in [3.05, 3.63) is 12.7 Å². The van der Waals surface area contributed by atoms with Crippen LogP contribution in [0.1, 0.15) is 40.5 Å². The van der Waals surface area contributed by atoms with Gasteiger partial charge in [-0.25, -0.2) is 0 Å². The first-order valence-corrected chi connectivity index (χ1v) is 6.03. The lowest BCUT2D eigenvalue weighted by Gasteiger charge is -2.23. The monoisotopic (exact) mass is 213 g/mol. The normalized spacial score (nSPS) is 13.5. The molecule has 0 heterocycles. The van der Waals surface area contributed by atoms with E-state index in [0.717, 1.165) is 26.0 Å². The summed E-state index contributed by atoms with van der Waals surface area (Å²) in [6, 6.07) is 0.531. The molecule has 1 atom stereocenters. The van der Waals surface area contributed by atoms with Crippen molar-refractivity contribution in [1.29, 1.82) is 0 Å². The quantitative estimate of drug-likeness (QED) is 0.469. The van der Waals surface area contributed by atoms with E-state index in [9.17, 15) is 0 Å². The summed E-state index contributed by atoms with van der Waals surface area (Å²) in [6.45, 7) is 14.2. The zero-order valence-corrected chi connectivity index (χ0v) is 10.8. The van der Waals surface area contributed by atoms with Gasteiger partial charge in [-0.15, -0.1) is 6.58 Å². The van der Waals surface area contributed by atoms with Crippen LogP contribution in [0.15, 0.2) is 12.7 Å². The Bertz CT molecular complexity index is 155. The molecule has 0 bridgehead atoms. The molecule has 15 heavy (non-hydrogen) atoms. The van der Waals surface area contributed by atoms with Gasteiger partial charge in [-0.05, 0) is 18.8 Å². The van der Waals surface area contributed by atoms with Gasteiger partial charge in [0.05, 0.1) is 6.10 Å². The molecule has 2 nitrogen and oxygen atoms in total. The number of nitrogens with one attached hydrogen (secondary N) is 1. The van der Waals surface area contributed by atoms with E-state index in [1.54, 1.807) is 0 Å². The number of allylic oxidation sites excluding steroid dienone is 1. The Morgan fingerprint density at radius 2 is 1.93 bits per heavy atom. The Balaban J connectivity index is 3.68. The van der Waals surface area contributed by atoms with Crippen LogP contribution < -0.4 is 5.32 Å². The molecule has 0 aromatic rings. The molecule has 0 radical (unpaired) electrons. The maximum absolute atomic E-state index is 5.85. The summed E-state index contributed by atoms with van der Waals surface area (Å²) in [5.74, 6) is 0.569. The minimum Gasteiger partial charge on any atom is -0.377 e. The molecular formula is C13H27NO. The van der Waals surface area contributed by atoms with Crippen molar-refractivity contribution in [2.75, 3.05) is 13.2 Å². The molecule has 0 aliphatic carbocycles. The number of rotatable bonds is 9. The minimum absolute atomic E-state index is 0.331. The molecule has 0 spiro atoms. The van der Waals surface area contributed by atoms with E-state index in [4.69, 9.17) is 4.74 Å². The summed E-state index contributed by atoms with van der Waals surface area (Å²) in [5, 5.41) is 3.42. The van der Waals surface area contributed by atoms with Gasteiger partial charge >= 0.3 is 0 Å². The summed E-state index contributed by atoms with van der Waals surface area (Å²) in [4.78, 5) is 0. The average molecular weight is 213 g/mol. The van der Waals surface area contributed by atoms with Crippen LogP contribution in [0.3, 0.4) is 0 Å². The second-order valence-electron chi connectivity index (χ2n) is 4.65. The fourth-order valence-electron chi connectivity index (χ4n) is 1.30. The van der Waals surface area contributed by atoms with Gasteiger partial charge in [-0.1, -0.05) is 33.8 Å². The van der Waals surface area contributed by atoms with Gasteiger partial charge in [-0.2, -0.15) is 0 Å². The van der Waals surface area contributed by atoms with Gasteiger partial charge < -0.3 is 10.1 Å². The fourth-order valence-corrected chi connectivity index (χ4v) is 1.30. The molecule has 0 fully saturated rings. The van der Waals surface area contributed by atoms with Crippen LogP contribution in [0.5, 0.6) is 0 Å². The number of ether oxygens (including phenoxy) is 1. The Labute approximate surface area is 95.1 Å². The Kier molecular flexibility index (Phi) is 8.73. The van der Waals surface area contributed by atoms with E-state index < -0.39 is 0 Å². The predicted octanol–water partition coefficient (Wildman–Crippen LogP) is 2.99. The molecule has 0 aliphatic rings. The Morgan fingerprint density at radius 1 is 1.27 bits per heavy atom. The third kappa shape index (κ3) is 8.64. The van der Waals surface area contributed by atoms with Gasteiger partial charge in [0, 0.05) is 19.2 Å². The third-order valence-corrected chi connectivity index (χ3v) is 2.36. The zero-order valence-electron chi connectivity index (χ0n) is 10.8. The van der Waals surface area contributed by atoms with Crippen LogP contribution in [-0.4, -0.2) is 25.3 Å². The van der Waals surface area contributed by atoms with Gasteiger partial charge in [0.25, 0.3) is 0 Å².